The van der Waals surface area contributed by atoms with Crippen molar-refractivity contribution in [2.45, 2.75) is 119 Å². The van der Waals surface area contributed by atoms with Gasteiger partial charge >= 0.3 is 12.3 Å². The number of rotatable bonds is 6. The number of ether oxygens (including phenoxy) is 1. The summed E-state index contributed by atoms with van der Waals surface area (Å²) in [6, 6.07) is 0.00367. The Morgan fingerprint density at radius 2 is 1.80 bits per heavy atom. The summed E-state index contributed by atoms with van der Waals surface area (Å²) in [6.07, 6.45) is -1.61. The monoisotopic (exact) mass is 782 g/mol. The minimum Gasteiger partial charge on any atom is -0.471 e. The quantitative estimate of drug-likeness (QED) is 0.282. The van der Waals surface area contributed by atoms with Crippen molar-refractivity contribution in [2.75, 3.05) is 6.54 Å². The molecule has 0 radical (unpaired) electrons. The molecule has 14 nitrogen and oxygen atoms in total. The summed E-state index contributed by atoms with van der Waals surface area (Å²) in [5.41, 5.74) is -4.84. The third-order valence-electron chi connectivity index (χ3n) is 10.2. The first kappa shape index (κ1) is 39.2. The number of alkyl halides is 3. The van der Waals surface area contributed by atoms with Crippen molar-refractivity contribution in [3.63, 3.8) is 0 Å². The highest BCUT2D eigenvalue weighted by Crippen LogP contribution is 2.46. The molecule has 4 amide bonds. The molecule has 3 N–H and O–H groups in total. The number of halogens is 4. The van der Waals surface area contributed by atoms with E-state index >= 15 is 0 Å². The summed E-state index contributed by atoms with van der Waals surface area (Å²) in [5.74, 6) is -5.10. The van der Waals surface area contributed by atoms with Crippen molar-refractivity contribution in [1.29, 1.82) is 0 Å². The number of benzene rings is 1. The Morgan fingerprint density at radius 1 is 1.07 bits per heavy atom. The second-order valence-corrected chi connectivity index (χ2v) is 17.3. The molecule has 1 saturated heterocycles. The molecule has 0 bridgehead atoms. The highest BCUT2D eigenvalue weighted by Gasteiger charge is 2.62. The van der Waals surface area contributed by atoms with Crippen molar-refractivity contribution in [2.24, 2.45) is 5.92 Å². The first-order valence-corrected chi connectivity index (χ1v) is 19.3. The smallest absolute Gasteiger partial charge is 0.438 e. The van der Waals surface area contributed by atoms with E-state index in [-0.39, 0.29) is 23.9 Å². The van der Waals surface area contributed by atoms with Crippen molar-refractivity contribution in [1.82, 2.24) is 29.8 Å². The van der Waals surface area contributed by atoms with Gasteiger partial charge in [0.05, 0.1) is 22.8 Å². The fraction of sp³-hybridized carbons (Fsp3) is 0.600. The lowest BCUT2D eigenvalue weighted by Gasteiger charge is -2.41. The molecule has 2 saturated carbocycles. The van der Waals surface area contributed by atoms with E-state index < -0.39 is 111 Å². The van der Waals surface area contributed by atoms with Crippen LogP contribution in [0, 0.1) is 11.7 Å². The first-order chi connectivity index (χ1) is 25.2. The molecule has 0 unspecified atom stereocenters. The lowest BCUT2D eigenvalue weighted by atomic mass is 9.98. The van der Waals surface area contributed by atoms with Crippen LogP contribution < -0.4 is 14.8 Å². The minimum absolute atomic E-state index is 0.0411. The highest BCUT2D eigenvalue weighted by molar-refractivity contribution is 7.91. The standard InChI is InChI=1S/C35H42F4N6O8S/c1-33(2,3)45(32(49)50)25-10-8-6-4-5-7-9-19-17-34(19,31(48)43-54(51,52)22-12-13-22)42-28(46)26-16-21(18-44(26)30(25)47)53-29-27(35(37,38)39)40-23-14-11-20(36)15-24(23)41-29/h7,9,11,14-15,19,21-22,25-26H,4-6,8,10,12-13,16-18H2,1-3H3,(H,42,46)(H,43,48)(H,49,50)/t19-,21-,25+,26+,34-/m1/s1. The van der Waals surface area contributed by atoms with Crippen LogP contribution >= 0.6 is 0 Å². The Bertz CT molecular complexity index is 1990. The van der Waals surface area contributed by atoms with Gasteiger partial charge in [0.25, 0.3) is 5.91 Å². The fourth-order valence-electron chi connectivity index (χ4n) is 7.26. The molecule has 3 fully saturated rings. The van der Waals surface area contributed by atoms with Gasteiger partial charge in [-0.3, -0.25) is 24.0 Å². The number of fused-ring (bicyclic) bond motifs is 3. The van der Waals surface area contributed by atoms with E-state index in [1.807, 2.05) is 6.08 Å². The Kier molecular flexibility index (Phi) is 10.3. The average molecular weight is 783 g/mol. The Labute approximate surface area is 308 Å². The van der Waals surface area contributed by atoms with E-state index in [4.69, 9.17) is 4.74 Å². The van der Waals surface area contributed by atoms with E-state index in [9.17, 15) is 50.3 Å². The molecule has 5 atom stereocenters. The number of allylic oxidation sites excluding steroid dienone is 1. The van der Waals surface area contributed by atoms with E-state index in [1.165, 1.54) is 0 Å². The predicted molar refractivity (Wildman–Crippen MR) is 184 cm³/mol. The molecule has 2 aromatic rings. The number of carbonyl (C=O) groups excluding carboxylic acids is 3. The molecular formula is C35H42F4N6O8S. The lowest BCUT2D eigenvalue weighted by molar-refractivity contribution is -0.145. The van der Waals surface area contributed by atoms with E-state index in [0.29, 0.717) is 38.5 Å². The molecule has 19 heteroatoms. The van der Waals surface area contributed by atoms with Gasteiger partial charge in [0.15, 0.2) is 0 Å². The summed E-state index contributed by atoms with van der Waals surface area (Å²) in [6.45, 7) is 4.30. The van der Waals surface area contributed by atoms with E-state index in [2.05, 4.69) is 20.0 Å². The van der Waals surface area contributed by atoms with Crippen LogP contribution in [-0.2, 0) is 30.6 Å². The molecule has 294 valence electrons. The third kappa shape index (κ3) is 8.10. The van der Waals surface area contributed by atoms with E-state index in [0.717, 1.165) is 28.0 Å². The summed E-state index contributed by atoms with van der Waals surface area (Å²) >= 11 is 0. The second-order valence-electron chi connectivity index (χ2n) is 15.3. The summed E-state index contributed by atoms with van der Waals surface area (Å²) in [5, 5.41) is 12.2. The fourth-order valence-corrected chi connectivity index (χ4v) is 8.62. The molecule has 0 spiro atoms. The maximum Gasteiger partial charge on any atom is 0.438 e. The number of nitrogens with zero attached hydrogens (tertiary/aromatic N) is 4. The van der Waals surface area contributed by atoms with E-state index in [1.54, 1.807) is 26.8 Å². The molecule has 3 heterocycles. The number of hydrogen-bond donors (Lipinski definition) is 3. The van der Waals surface area contributed by atoms with Crippen molar-refractivity contribution in [3.8, 4) is 5.88 Å². The van der Waals surface area contributed by atoms with Crippen LogP contribution in [0.5, 0.6) is 5.88 Å². The van der Waals surface area contributed by atoms with Gasteiger partial charge in [0.2, 0.25) is 33.4 Å². The minimum atomic E-state index is -5.07. The zero-order valence-electron chi connectivity index (χ0n) is 29.9. The summed E-state index contributed by atoms with van der Waals surface area (Å²) in [4.78, 5) is 64.7. The van der Waals surface area contributed by atoms with Crippen LogP contribution in [0.15, 0.2) is 30.4 Å². The maximum absolute atomic E-state index is 14.6. The van der Waals surface area contributed by atoms with Crippen LogP contribution in [0.4, 0.5) is 22.4 Å². The van der Waals surface area contributed by atoms with Crippen molar-refractivity contribution < 1.29 is 55.0 Å². The van der Waals surface area contributed by atoms with Gasteiger partial charge in [-0.05, 0) is 71.4 Å². The summed E-state index contributed by atoms with van der Waals surface area (Å²) < 4.78 is 90.2. The molecule has 6 rings (SSSR count). The molecule has 4 aliphatic rings. The van der Waals surface area contributed by atoms with Gasteiger partial charge in [0.1, 0.15) is 29.5 Å². The third-order valence-corrected chi connectivity index (χ3v) is 12.0. The predicted octanol–water partition coefficient (Wildman–Crippen LogP) is 4.29. The van der Waals surface area contributed by atoms with Crippen LogP contribution in [0.3, 0.4) is 0 Å². The number of carbonyl (C=O) groups is 4. The zero-order valence-corrected chi connectivity index (χ0v) is 30.7. The zero-order chi connectivity index (χ0) is 39.4. The molecule has 54 heavy (non-hydrogen) atoms. The summed E-state index contributed by atoms with van der Waals surface area (Å²) in [7, 11) is -4.02. The highest BCUT2D eigenvalue weighted by atomic mass is 32.2. The van der Waals surface area contributed by atoms with Gasteiger partial charge in [-0.25, -0.2) is 27.6 Å². The molecule has 2 aliphatic heterocycles. The normalized spacial score (nSPS) is 26.9. The number of hydrogen-bond acceptors (Lipinski definition) is 9. The van der Waals surface area contributed by atoms with Crippen LogP contribution in [-0.4, -0.2) is 98.2 Å². The second kappa shape index (κ2) is 14.3. The number of nitrogens with one attached hydrogen (secondary N) is 2. The average Bonchev–Trinajstić information content (AvgIpc) is 3.98. The van der Waals surface area contributed by atoms with Crippen molar-refractivity contribution >= 4 is 44.9 Å². The van der Waals surface area contributed by atoms with Gasteiger partial charge in [0, 0.05) is 23.9 Å². The van der Waals surface area contributed by atoms with Crippen LogP contribution in [0.2, 0.25) is 0 Å². The van der Waals surface area contributed by atoms with Gasteiger partial charge in [-0.2, -0.15) is 13.2 Å². The molecular weight excluding hydrogens is 740 g/mol. The first-order valence-electron chi connectivity index (χ1n) is 17.8. The van der Waals surface area contributed by atoms with Gasteiger partial charge in [-0.15, -0.1) is 0 Å². The number of aromatic nitrogens is 2. The van der Waals surface area contributed by atoms with Crippen LogP contribution in [0.25, 0.3) is 11.0 Å². The Hall–Kier alpha value is -4.55. The van der Waals surface area contributed by atoms with Crippen molar-refractivity contribution in [3.05, 3.63) is 41.9 Å². The largest absolute Gasteiger partial charge is 0.471 e. The van der Waals surface area contributed by atoms with Gasteiger partial charge < -0.3 is 20.1 Å². The maximum atomic E-state index is 14.6. The SMILES string of the molecule is CC(C)(C)N(C(=O)O)[C@H]1CCCCCC=C[C@@H]2C[C@@]2(C(=O)NS(=O)(=O)C2CC2)NC(=O)[C@@H]2C[C@@H](Oc3nc4cc(F)ccc4nc3C(F)(F)F)CN2C1=O. The molecule has 1 aromatic heterocycles. The topological polar surface area (TPSA) is 188 Å². The molecule has 2 aliphatic carbocycles. The van der Waals surface area contributed by atoms with Gasteiger partial charge in [-0.1, -0.05) is 25.0 Å². The lowest BCUT2D eigenvalue weighted by Crippen LogP contribution is -2.60. The number of carboxylic acid groups (broad SMARTS) is 1. The molecule has 1 aromatic carbocycles. The Morgan fingerprint density at radius 3 is 2.44 bits per heavy atom. The number of amides is 4. The Balaban J connectivity index is 1.38. The van der Waals surface area contributed by atoms with Crippen LogP contribution in [0.1, 0.15) is 84.3 Å². The number of sulfonamides is 1.